The molecule has 0 spiro atoms. The van der Waals surface area contributed by atoms with Crippen molar-refractivity contribution in [2.75, 3.05) is 39.6 Å². The Bertz CT molecular complexity index is 1310. The molecular weight excluding hydrogens is 440 g/mol. The first-order valence-electron chi connectivity index (χ1n) is 11.4. The average Bonchev–Trinajstić information content (AvgIpc) is 3.30. The number of hydrogen-bond donors (Lipinski definition) is 3. The summed E-state index contributed by atoms with van der Waals surface area (Å²) in [6.07, 6.45) is 8.46. The predicted molar refractivity (Wildman–Crippen MR) is 140 cm³/mol. The summed E-state index contributed by atoms with van der Waals surface area (Å²) in [7, 11) is 5.86. The van der Waals surface area contributed by atoms with Gasteiger partial charge in [-0.25, -0.2) is 15.0 Å². The predicted octanol–water partition coefficient (Wildman–Crippen LogP) is 3.55. The molecule has 0 saturated carbocycles. The van der Waals surface area contributed by atoms with Gasteiger partial charge in [0.25, 0.3) is 0 Å². The number of hydrogen-bond acceptors (Lipinski definition) is 8. The van der Waals surface area contributed by atoms with Crippen LogP contribution < -0.4 is 15.4 Å². The van der Waals surface area contributed by atoms with Crippen LogP contribution in [0.1, 0.15) is 11.1 Å². The van der Waals surface area contributed by atoms with Crippen LogP contribution in [-0.2, 0) is 6.54 Å². The van der Waals surface area contributed by atoms with Crippen molar-refractivity contribution in [2.24, 2.45) is 0 Å². The molecule has 9 nitrogen and oxygen atoms in total. The van der Waals surface area contributed by atoms with Crippen molar-refractivity contribution < 1.29 is 4.74 Å². The summed E-state index contributed by atoms with van der Waals surface area (Å²) in [5.41, 5.74) is 5.38. The van der Waals surface area contributed by atoms with Crippen molar-refractivity contribution in [3.05, 3.63) is 78.5 Å². The fourth-order valence-electron chi connectivity index (χ4n) is 3.55. The number of likely N-dealkylation sites (N-methyl/N-ethyl adjacent to an activating group) is 1. The number of nitrogens with zero attached hydrogens (tertiary/aromatic N) is 5. The van der Waals surface area contributed by atoms with E-state index in [1.165, 1.54) is 6.21 Å². The molecule has 0 aliphatic heterocycles. The third-order valence-electron chi connectivity index (χ3n) is 5.44. The van der Waals surface area contributed by atoms with Gasteiger partial charge in [0.1, 0.15) is 30.1 Å². The van der Waals surface area contributed by atoms with E-state index in [1.54, 1.807) is 6.33 Å². The van der Waals surface area contributed by atoms with E-state index < -0.39 is 0 Å². The van der Waals surface area contributed by atoms with Crippen molar-refractivity contribution in [1.29, 1.82) is 5.41 Å². The quantitative estimate of drug-likeness (QED) is 0.288. The second-order valence-electron chi connectivity index (χ2n) is 8.26. The molecule has 0 saturated heterocycles. The molecule has 0 bridgehead atoms. The van der Waals surface area contributed by atoms with Gasteiger partial charge in [0.05, 0.1) is 17.6 Å². The maximum atomic E-state index is 7.55. The standard InChI is InChI=1S/C26H30N8O/c1-28-16-21(14-27)20-6-4-19(5-7-20)15-29-25-13-23(31-18-32-25)24-17-30-26-12-22(8-9-34(24)26)35-11-10-33(2)3/h4-9,12-14,16-18,27-28H,10-11,15H2,1-3H3,(H,29,31,32)/b21-16+,27-14?. The molecule has 0 amide bonds. The van der Waals surface area contributed by atoms with Crippen molar-refractivity contribution in [3.63, 3.8) is 0 Å². The zero-order valence-corrected chi connectivity index (χ0v) is 20.2. The van der Waals surface area contributed by atoms with Crippen LogP contribution in [0.5, 0.6) is 5.75 Å². The Kier molecular flexibility index (Phi) is 7.69. The number of anilines is 1. The number of pyridine rings is 1. The molecule has 1 aromatic carbocycles. The van der Waals surface area contributed by atoms with Gasteiger partial charge in [-0.1, -0.05) is 24.3 Å². The first-order valence-corrected chi connectivity index (χ1v) is 11.4. The number of aromatic nitrogens is 4. The minimum atomic E-state index is 0.618. The van der Waals surface area contributed by atoms with Gasteiger partial charge >= 0.3 is 0 Å². The first kappa shape index (κ1) is 23.9. The number of ether oxygens (including phenoxy) is 1. The van der Waals surface area contributed by atoms with E-state index >= 15 is 0 Å². The molecule has 0 fully saturated rings. The molecule has 4 aromatic rings. The minimum Gasteiger partial charge on any atom is -0.492 e. The Hall–Kier alpha value is -4.24. The molecule has 4 rings (SSSR count). The highest BCUT2D eigenvalue weighted by Gasteiger charge is 2.10. The fraction of sp³-hybridized carbons (Fsp3) is 0.231. The molecular formula is C26H30N8O. The Morgan fingerprint density at radius 3 is 2.69 bits per heavy atom. The Labute approximate surface area is 205 Å². The summed E-state index contributed by atoms with van der Waals surface area (Å²) in [6.45, 7) is 2.09. The summed E-state index contributed by atoms with van der Waals surface area (Å²) in [6, 6.07) is 13.9. The lowest BCUT2D eigenvalue weighted by molar-refractivity contribution is 0.261. The molecule has 3 heterocycles. The maximum Gasteiger partial charge on any atom is 0.140 e. The number of benzene rings is 1. The van der Waals surface area contributed by atoms with Gasteiger partial charge in [0, 0.05) is 56.5 Å². The number of imidazole rings is 1. The molecule has 0 unspecified atom stereocenters. The molecule has 0 atom stereocenters. The van der Waals surface area contributed by atoms with Crippen molar-refractivity contribution in [1.82, 2.24) is 29.6 Å². The van der Waals surface area contributed by atoms with Gasteiger partial charge in [-0.2, -0.15) is 0 Å². The molecule has 0 aliphatic carbocycles. The number of rotatable bonds is 11. The Balaban J connectivity index is 1.44. The highest BCUT2D eigenvalue weighted by molar-refractivity contribution is 6.08. The topological polar surface area (TPSA) is 103 Å². The van der Waals surface area contributed by atoms with Crippen LogP contribution in [0.25, 0.3) is 22.6 Å². The van der Waals surface area contributed by atoms with Crippen LogP contribution in [0.15, 0.2) is 67.4 Å². The first-order chi connectivity index (χ1) is 17.1. The van der Waals surface area contributed by atoms with Gasteiger partial charge in [-0.3, -0.25) is 4.40 Å². The molecule has 3 aromatic heterocycles. The molecule has 0 radical (unpaired) electrons. The average molecular weight is 471 g/mol. The van der Waals surface area contributed by atoms with E-state index in [0.29, 0.717) is 13.2 Å². The zero-order valence-electron chi connectivity index (χ0n) is 20.2. The number of nitrogens with one attached hydrogen (secondary N) is 3. The lowest BCUT2D eigenvalue weighted by Gasteiger charge is -2.11. The Morgan fingerprint density at radius 1 is 1.11 bits per heavy atom. The second kappa shape index (κ2) is 11.3. The van der Waals surface area contributed by atoms with E-state index in [9.17, 15) is 0 Å². The van der Waals surface area contributed by atoms with E-state index in [4.69, 9.17) is 10.1 Å². The minimum absolute atomic E-state index is 0.618. The normalized spacial score (nSPS) is 11.6. The largest absolute Gasteiger partial charge is 0.492 e. The van der Waals surface area contributed by atoms with Crippen LogP contribution in [0.4, 0.5) is 5.82 Å². The van der Waals surface area contributed by atoms with Crippen LogP contribution in [0.3, 0.4) is 0 Å². The van der Waals surface area contributed by atoms with E-state index in [-0.39, 0.29) is 0 Å². The van der Waals surface area contributed by atoms with E-state index in [1.807, 2.05) is 86.6 Å². The maximum absolute atomic E-state index is 7.55. The zero-order chi connectivity index (χ0) is 24.6. The summed E-state index contributed by atoms with van der Waals surface area (Å²) >= 11 is 0. The monoisotopic (exact) mass is 470 g/mol. The molecule has 35 heavy (non-hydrogen) atoms. The Morgan fingerprint density at radius 2 is 1.94 bits per heavy atom. The lowest BCUT2D eigenvalue weighted by atomic mass is 10.1. The molecule has 3 N–H and O–H groups in total. The SMILES string of the molecule is CN/C=C(\C=N)c1ccc(CNc2cc(-c3cnc4cc(OCCN(C)C)ccn34)ncn2)cc1. The third-order valence-corrected chi connectivity index (χ3v) is 5.44. The van der Waals surface area contributed by atoms with Crippen LogP contribution in [0.2, 0.25) is 0 Å². The number of fused-ring (bicyclic) bond motifs is 1. The summed E-state index contributed by atoms with van der Waals surface area (Å²) in [5.74, 6) is 1.52. The van der Waals surface area contributed by atoms with E-state index in [0.717, 1.165) is 51.8 Å². The van der Waals surface area contributed by atoms with Gasteiger partial charge in [0.15, 0.2) is 0 Å². The van der Waals surface area contributed by atoms with Crippen LogP contribution in [-0.4, -0.2) is 64.8 Å². The van der Waals surface area contributed by atoms with Gasteiger partial charge in [-0.15, -0.1) is 0 Å². The van der Waals surface area contributed by atoms with Crippen molar-refractivity contribution >= 4 is 23.3 Å². The highest BCUT2D eigenvalue weighted by atomic mass is 16.5. The summed E-state index contributed by atoms with van der Waals surface area (Å²) in [4.78, 5) is 15.4. The smallest absolute Gasteiger partial charge is 0.140 e. The second-order valence-corrected chi connectivity index (χ2v) is 8.26. The highest BCUT2D eigenvalue weighted by Crippen LogP contribution is 2.23. The lowest BCUT2D eigenvalue weighted by Crippen LogP contribution is -2.19. The summed E-state index contributed by atoms with van der Waals surface area (Å²) in [5, 5.41) is 13.9. The van der Waals surface area contributed by atoms with Gasteiger partial charge < -0.3 is 25.7 Å². The van der Waals surface area contributed by atoms with Crippen LogP contribution >= 0.6 is 0 Å². The van der Waals surface area contributed by atoms with Gasteiger partial charge in [0.2, 0.25) is 0 Å². The summed E-state index contributed by atoms with van der Waals surface area (Å²) < 4.78 is 7.81. The van der Waals surface area contributed by atoms with E-state index in [2.05, 4.69) is 30.5 Å². The molecule has 0 aliphatic rings. The van der Waals surface area contributed by atoms with Crippen molar-refractivity contribution in [3.8, 4) is 17.1 Å². The fourth-order valence-corrected chi connectivity index (χ4v) is 3.55. The number of allylic oxidation sites excluding steroid dienone is 1. The van der Waals surface area contributed by atoms with Crippen LogP contribution in [0, 0.1) is 5.41 Å². The third kappa shape index (κ3) is 6.01. The molecule has 9 heteroatoms. The van der Waals surface area contributed by atoms with Gasteiger partial charge in [-0.05, 0) is 31.3 Å². The van der Waals surface area contributed by atoms with Crippen molar-refractivity contribution in [2.45, 2.75) is 6.54 Å². The molecule has 180 valence electrons.